The largest absolute Gasteiger partial charge is 0.496 e. The van der Waals surface area contributed by atoms with Crippen molar-refractivity contribution in [1.29, 1.82) is 0 Å². The molecule has 6 heteroatoms. The summed E-state index contributed by atoms with van der Waals surface area (Å²) in [5, 5.41) is 9.22. The summed E-state index contributed by atoms with van der Waals surface area (Å²) in [5.41, 5.74) is 1.03. The zero-order chi connectivity index (χ0) is 19.2. The molecule has 1 N–H and O–H groups in total. The fourth-order valence-electron chi connectivity index (χ4n) is 4.17. The number of aliphatic carboxylic acids is 1. The fourth-order valence-corrected chi connectivity index (χ4v) is 4.17. The van der Waals surface area contributed by atoms with Gasteiger partial charge >= 0.3 is 5.97 Å². The van der Waals surface area contributed by atoms with Crippen molar-refractivity contribution in [1.82, 2.24) is 4.90 Å². The Labute approximate surface area is 160 Å². The highest BCUT2D eigenvalue weighted by Crippen LogP contribution is 2.31. The smallest absolute Gasteiger partial charge is 0.306 e. The van der Waals surface area contributed by atoms with Crippen LogP contribution in [-0.2, 0) is 20.9 Å². The Balaban J connectivity index is 1.46. The SMILES string of the molecule is COc1ccccc1COC1CCN(C(=O)C2CCCC(C(=O)O)C2)CC1. The number of likely N-dealkylation sites (tertiary alicyclic amines) is 1. The number of ether oxygens (including phenoxy) is 2. The summed E-state index contributed by atoms with van der Waals surface area (Å²) >= 11 is 0. The summed E-state index contributed by atoms with van der Waals surface area (Å²) in [5.74, 6) is -0.309. The normalized spacial score (nSPS) is 23.8. The molecule has 1 saturated heterocycles. The number of piperidine rings is 1. The molecule has 0 spiro atoms. The van der Waals surface area contributed by atoms with E-state index < -0.39 is 5.97 Å². The zero-order valence-electron chi connectivity index (χ0n) is 15.9. The van der Waals surface area contributed by atoms with Crippen LogP contribution in [0.25, 0.3) is 0 Å². The zero-order valence-corrected chi connectivity index (χ0v) is 15.9. The maximum absolute atomic E-state index is 12.8. The van der Waals surface area contributed by atoms with E-state index in [9.17, 15) is 14.7 Å². The molecular weight excluding hydrogens is 346 g/mol. The number of carboxylic acid groups (broad SMARTS) is 1. The molecular formula is C21H29NO5. The van der Waals surface area contributed by atoms with Crippen molar-refractivity contribution in [2.24, 2.45) is 11.8 Å². The third-order valence-electron chi connectivity index (χ3n) is 5.79. The van der Waals surface area contributed by atoms with Crippen molar-refractivity contribution >= 4 is 11.9 Å². The summed E-state index contributed by atoms with van der Waals surface area (Å²) in [6.45, 7) is 1.87. The molecule has 0 aromatic heterocycles. The Morgan fingerprint density at radius 3 is 2.52 bits per heavy atom. The molecule has 0 bridgehead atoms. The highest BCUT2D eigenvalue weighted by atomic mass is 16.5. The van der Waals surface area contributed by atoms with Crippen molar-refractivity contribution in [2.45, 2.75) is 51.2 Å². The van der Waals surface area contributed by atoms with Gasteiger partial charge in [-0.15, -0.1) is 0 Å². The minimum Gasteiger partial charge on any atom is -0.496 e. The average Bonchev–Trinajstić information content (AvgIpc) is 2.72. The first-order chi connectivity index (χ1) is 13.1. The van der Waals surface area contributed by atoms with Gasteiger partial charge in [0.05, 0.1) is 25.7 Å². The van der Waals surface area contributed by atoms with Gasteiger partial charge in [-0.25, -0.2) is 0 Å². The van der Waals surface area contributed by atoms with Crippen molar-refractivity contribution in [2.75, 3.05) is 20.2 Å². The van der Waals surface area contributed by atoms with Crippen molar-refractivity contribution in [3.63, 3.8) is 0 Å². The summed E-state index contributed by atoms with van der Waals surface area (Å²) in [4.78, 5) is 25.9. The molecule has 1 aliphatic carbocycles. The van der Waals surface area contributed by atoms with Crippen LogP contribution in [0.1, 0.15) is 44.1 Å². The standard InChI is InChI=1S/C21H29NO5/c1-26-19-8-3-2-5-17(19)14-27-18-9-11-22(12-10-18)20(23)15-6-4-7-16(13-15)21(24)25/h2-3,5,8,15-16,18H,4,6-7,9-14H2,1H3,(H,24,25). The van der Waals surface area contributed by atoms with Gasteiger partial charge in [-0.2, -0.15) is 0 Å². The third-order valence-corrected chi connectivity index (χ3v) is 5.79. The topological polar surface area (TPSA) is 76.1 Å². The number of hydrogen-bond donors (Lipinski definition) is 1. The van der Waals surface area contributed by atoms with Crippen molar-refractivity contribution < 1.29 is 24.2 Å². The van der Waals surface area contributed by atoms with E-state index in [4.69, 9.17) is 9.47 Å². The van der Waals surface area contributed by atoms with E-state index in [0.717, 1.165) is 37.0 Å². The molecule has 2 aliphatic rings. The Morgan fingerprint density at radius 2 is 1.81 bits per heavy atom. The van der Waals surface area contributed by atoms with E-state index in [1.807, 2.05) is 29.2 Å². The summed E-state index contributed by atoms with van der Waals surface area (Å²) < 4.78 is 11.4. The van der Waals surface area contributed by atoms with Gasteiger partial charge in [0.15, 0.2) is 0 Å². The van der Waals surface area contributed by atoms with Gasteiger partial charge in [-0.05, 0) is 38.2 Å². The summed E-state index contributed by atoms with van der Waals surface area (Å²) in [6, 6.07) is 7.83. The van der Waals surface area contributed by atoms with Gasteiger partial charge in [0.1, 0.15) is 5.75 Å². The molecule has 1 heterocycles. The number of carbonyl (C=O) groups is 2. The van der Waals surface area contributed by atoms with Gasteiger partial charge in [-0.3, -0.25) is 9.59 Å². The van der Waals surface area contributed by atoms with Gasteiger partial charge in [0.2, 0.25) is 5.91 Å². The van der Waals surface area contributed by atoms with E-state index in [1.165, 1.54) is 0 Å². The van der Waals surface area contributed by atoms with Crippen LogP contribution < -0.4 is 4.74 Å². The first-order valence-corrected chi connectivity index (χ1v) is 9.83. The lowest BCUT2D eigenvalue weighted by Crippen LogP contribution is -2.45. The monoisotopic (exact) mass is 375 g/mol. The average molecular weight is 375 g/mol. The van der Waals surface area contributed by atoms with Crippen LogP contribution in [0.4, 0.5) is 0 Å². The molecule has 3 rings (SSSR count). The van der Waals surface area contributed by atoms with Crippen LogP contribution in [0.3, 0.4) is 0 Å². The Morgan fingerprint density at radius 1 is 1.11 bits per heavy atom. The van der Waals surface area contributed by atoms with Crippen LogP contribution in [0.5, 0.6) is 5.75 Å². The lowest BCUT2D eigenvalue weighted by Gasteiger charge is -2.36. The maximum atomic E-state index is 12.8. The third kappa shape index (κ3) is 5.01. The van der Waals surface area contributed by atoms with E-state index in [-0.39, 0.29) is 23.8 Å². The number of para-hydroxylation sites is 1. The number of hydrogen-bond acceptors (Lipinski definition) is 4. The molecule has 1 aromatic carbocycles. The summed E-state index contributed by atoms with van der Waals surface area (Å²) in [6.07, 6.45) is 4.58. The van der Waals surface area contributed by atoms with Gasteiger partial charge in [0.25, 0.3) is 0 Å². The van der Waals surface area contributed by atoms with Gasteiger partial charge in [-0.1, -0.05) is 24.6 Å². The molecule has 2 atom stereocenters. The number of methoxy groups -OCH3 is 1. The van der Waals surface area contributed by atoms with E-state index in [1.54, 1.807) is 7.11 Å². The number of carbonyl (C=O) groups excluding carboxylic acids is 1. The fraction of sp³-hybridized carbons (Fsp3) is 0.619. The van der Waals surface area contributed by atoms with E-state index in [2.05, 4.69) is 0 Å². The number of rotatable bonds is 6. The summed E-state index contributed by atoms with van der Waals surface area (Å²) in [7, 11) is 1.66. The Bertz CT molecular complexity index is 654. The molecule has 2 fully saturated rings. The van der Waals surface area contributed by atoms with Crippen LogP contribution in [0.15, 0.2) is 24.3 Å². The molecule has 1 amide bonds. The molecule has 6 nitrogen and oxygen atoms in total. The van der Waals surface area contributed by atoms with Gasteiger partial charge < -0.3 is 19.5 Å². The minimum absolute atomic E-state index is 0.129. The first-order valence-electron chi connectivity index (χ1n) is 9.83. The highest BCUT2D eigenvalue weighted by molar-refractivity contribution is 5.80. The molecule has 148 valence electrons. The lowest BCUT2D eigenvalue weighted by atomic mass is 9.80. The number of carboxylic acids is 1. The quantitative estimate of drug-likeness (QED) is 0.827. The van der Waals surface area contributed by atoms with Crippen LogP contribution in [-0.4, -0.2) is 48.2 Å². The Hall–Kier alpha value is -2.08. The molecule has 1 aromatic rings. The van der Waals surface area contributed by atoms with E-state index >= 15 is 0 Å². The lowest BCUT2D eigenvalue weighted by molar-refractivity contribution is -0.146. The molecule has 1 aliphatic heterocycles. The number of benzene rings is 1. The van der Waals surface area contributed by atoms with Gasteiger partial charge in [0, 0.05) is 24.6 Å². The van der Waals surface area contributed by atoms with Crippen LogP contribution in [0, 0.1) is 11.8 Å². The van der Waals surface area contributed by atoms with E-state index in [0.29, 0.717) is 32.5 Å². The van der Waals surface area contributed by atoms with Crippen molar-refractivity contribution in [3.8, 4) is 5.75 Å². The second kappa shape index (κ2) is 9.22. The molecule has 2 unspecified atom stereocenters. The minimum atomic E-state index is -0.768. The molecule has 27 heavy (non-hydrogen) atoms. The first kappa shape index (κ1) is 19.7. The molecule has 0 radical (unpaired) electrons. The maximum Gasteiger partial charge on any atom is 0.306 e. The number of nitrogens with zero attached hydrogens (tertiary/aromatic N) is 1. The predicted molar refractivity (Wildman–Crippen MR) is 100 cm³/mol. The second-order valence-corrected chi connectivity index (χ2v) is 7.55. The van der Waals surface area contributed by atoms with Crippen molar-refractivity contribution in [3.05, 3.63) is 29.8 Å². The highest BCUT2D eigenvalue weighted by Gasteiger charge is 2.34. The second-order valence-electron chi connectivity index (χ2n) is 7.55. The predicted octanol–water partition coefficient (Wildman–Crippen LogP) is 3.09. The Kier molecular flexibility index (Phi) is 6.72. The van der Waals surface area contributed by atoms with Crippen LogP contribution in [0.2, 0.25) is 0 Å². The number of amides is 1. The molecule has 1 saturated carbocycles. The van der Waals surface area contributed by atoms with Crippen LogP contribution >= 0.6 is 0 Å².